The third-order valence-corrected chi connectivity index (χ3v) is 5.12. The summed E-state index contributed by atoms with van der Waals surface area (Å²) < 4.78 is 5.17. The van der Waals surface area contributed by atoms with Crippen molar-refractivity contribution in [2.75, 3.05) is 11.9 Å². The van der Waals surface area contributed by atoms with Crippen LogP contribution < -0.4 is 5.32 Å². The highest BCUT2D eigenvalue weighted by Crippen LogP contribution is 2.27. The smallest absolute Gasteiger partial charge is 0.338 e. The largest absolute Gasteiger partial charge is 0.462 e. The van der Waals surface area contributed by atoms with Gasteiger partial charge in [0.25, 0.3) is 11.8 Å². The molecular formula is C24H26N2O5. The van der Waals surface area contributed by atoms with Crippen LogP contribution >= 0.6 is 0 Å². The summed E-state index contributed by atoms with van der Waals surface area (Å²) in [5.41, 5.74) is 1.45. The Morgan fingerprint density at radius 1 is 0.968 bits per heavy atom. The van der Waals surface area contributed by atoms with Crippen molar-refractivity contribution < 1.29 is 23.9 Å². The molecule has 1 unspecified atom stereocenters. The van der Waals surface area contributed by atoms with Crippen LogP contribution in [0.5, 0.6) is 0 Å². The number of hydrogen-bond donors (Lipinski definition) is 1. The van der Waals surface area contributed by atoms with Gasteiger partial charge in [0.05, 0.1) is 23.3 Å². The lowest BCUT2D eigenvalue weighted by Gasteiger charge is -2.28. The summed E-state index contributed by atoms with van der Waals surface area (Å²) in [5.74, 6) is -2.13. The van der Waals surface area contributed by atoms with Crippen LogP contribution in [0.25, 0.3) is 0 Å². The van der Waals surface area contributed by atoms with Crippen molar-refractivity contribution in [2.24, 2.45) is 5.92 Å². The van der Waals surface area contributed by atoms with Crippen LogP contribution in [0.3, 0.4) is 0 Å². The second kappa shape index (κ2) is 9.55. The second-order valence-electron chi connectivity index (χ2n) is 7.77. The third-order valence-electron chi connectivity index (χ3n) is 5.12. The number of amides is 3. The number of esters is 1. The summed E-state index contributed by atoms with van der Waals surface area (Å²) in [7, 11) is 0. The van der Waals surface area contributed by atoms with E-state index in [-0.39, 0.29) is 5.92 Å². The molecule has 0 spiro atoms. The first kappa shape index (κ1) is 22.2. The van der Waals surface area contributed by atoms with Gasteiger partial charge in [0.15, 0.2) is 0 Å². The fraction of sp³-hybridized carbons (Fsp3) is 0.333. The van der Waals surface area contributed by atoms with Gasteiger partial charge >= 0.3 is 5.97 Å². The molecule has 0 aliphatic carbocycles. The molecule has 1 atom stereocenters. The minimum atomic E-state index is -0.967. The number of carbonyl (C=O) groups is 4. The molecule has 1 aliphatic heterocycles. The molecule has 0 aromatic heterocycles. The summed E-state index contributed by atoms with van der Waals surface area (Å²) in [6.45, 7) is 5.94. The molecule has 0 radical (unpaired) electrons. The molecule has 0 saturated heterocycles. The van der Waals surface area contributed by atoms with Crippen LogP contribution in [-0.4, -0.2) is 41.2 Å². The first-order valence-corrected chi connectivity index (χ1v) is 10.4. The zero-order chi connectivity index (χ0) is 22.5. The van der Waals surface area contributed by atoms with Gasteiger partial charge in [-0.2, -0.15) is 0 Å². The number of nitrogens with zero attached hydrogens (tertiary/aromatic N) is 1. The highest BCUT2D eigenvalue weighted by atomic mass is 16.5. The predicted molar refractivity (Wildman–Crippen MR) is 116 cm³/mol. The number of fused-ring (bicyclic) bond motifs is 1. The Balaban J connectivity index is 1.73. The number of ether oxygens (including phenoxy) is 1. The molecule has 0 fully saturated rings. The molecule has 2 aromatic rings. The topological polar surface area (TPSA) is 92.8 Å². The molecule has 0 bridgehead atoms. The molecule has 1 heterocycles. The van der Waals surface area contributed by atoms with E-state index in [9.17, 15) is 19.2 Å². The minimum absolute atomic E-state index is 0.296. The number of unbranched alkanes of at least 4 members (excludes halogenated alkanes) is 1. The van der Waals surface area contributed by atoms with Crippen molar-refractivity contribution in [2.45, 2.75) is 39.7 Å². The maximum Gasteiger partial charge on any atom is 0.338 e. The van der Waals surface area contributed by atoms with Gasteiger partial charge in [-0.3, -0.25) is 19.3 Å². The van der Waals surface area contributed by atoms with Crippen molar-refractivity contribution >= 4 is 29.4 Å². The molecule has 162 valence electrons. The molecule has 31 heavy (non-hydrogen) atoms. The van der Waals surface area contributed by atoms with Gasteiger partial charge in [-0.05, 0) is 48.7 Å². The summed E-state index contributed by atoms with van der Waals surface area (Å²) in [5, 5.41) is 2.75. The zero-order valence-corrected chi connectivity index (χ0v) is 17.9. The van der Waals surface area contributed by atoms with E-state index in [0.29, 0.717) is 29.0 Å². The molecule has 1 N–H and O–H groups in total. The molecule has 0 saturated carbocycles. The van der Waals surface area contributed by atoms with Crippen LogP contribution in [0.15, 0.2) is 48.5 Å². The van der Waals surface area contributed by atoms with E-state index in [4.69, 9.17) is 4.74 Å². The standard InChI is InChI=1S/C24H26N2O5/c1-4-5-14-31-24(30)16-10-12-17(13-11-16)25-21(27)20(15(2)3)26-22(28)18-8-6-7-9-19(18)23(26)29/h6-13,15,20H,4-5,14H2,1-3H3,(H,25,27). The Morgan fingerprint density at radius 3 is 2.06 bits per heavy atom. The first-order valence-electron chi connectivity index (χ1n) is 10.4. The normalized spacial score (nSPS) is 13.9. The van der Waals surface area contributed by atoms with Gasteiger partial charge in [-0.25, -0.2) is 4.79 Å². The monoisotopic (exact) mass is 422 g/mol. The Bertz CT molecular complexity index is 962. The number of anilines is 1. The maximum atomic E-state index is 13.0. The van der Waals surface area contributed by atoms with Crippen molar-refractivity contribution in [3.63, 3.8) is 0 Å². The zero-order valence-electron chi connectivity index (χ0n) is 17.9. The lowest BCUT2D eigenvalue weighted by molar-refractivity contribution is -0.121. The maximum absolute atomic E-state index is 13.0. The van der Waals surface area contributed by atoms with E-state index < -0.39 is 29.7 Å². The minimum Gasteiger partial charge on any atom is -0.462 e. The van der Waals surface area contributed by atoms with Crippen LogP contribution in [0.1, 0.15) is 64.7 Å². The Labute approximate surface area is 181 Å². The molecule has 7 nitrogen and oxygen atoms in total. The van der Waals surface area contributed by atoms with Crippen molar-refractivity contribution in [1.82, 2.24) is 4.90 Å². The Hall–Kier alpha value is -3.48. The summed E-state index contributed by atoms with van der Waals surface area (Å²) in [4.78, 5) is 51.7. The van der Waals surface area contributed by atoms with Gasteiger partial charge < -0.3 is 10.1 Å². The molecule has 1 aliphatic rings. The average molecular weight is 422 g/mol. The van der Waals surface area contributed by atoms with Gasteiger partial charge in [-0.1, -0.05) is 39.3 Å². The van der Waals surface area contributed by atoms with E-state index in [0.717, 1.165) is 17.7 Å². The van der Waals surface area contributed by atoms with Crippen LogP contribution in [0.4, 0.5) is 5.69 Å². The van der Waals surface area contributed by atoms with E-state index in [1.54, 1.807) is 62.4 Å². The van der Waals surface area contributed by atoms with E-state index in [1.807, 2.05) is 6.92 Å². The first-order chi connectivity index (χ1) is 14.8. The van der Waals surface area contributed by atoms with Gasteiger partial charge in [0.2, 0.25) is 5.91 Å². The fourth-order valence-electron chi connectivity index (χ4n) is 3.48. The lowest BCUT2D eigenvalue weighted by atomic mass is 10.0. The summed E-state index contributed by atoms with van der Waals surface area (Å²) in [6, 6.07) is 11.9. The number of imide groups is 1. The van der Waals surface area contributed by atoms with Gasteiger partial charge in [0, 0.05) is 5.69 Å². The average Bonchev–Trinajstić information content (AvgIpc) is 3.00. The van der Waals surface area contributed by atoms with Gasteiger partial charge in [0.1, 0.15) is 6.04 Å². The number of nitrogens with one attached hydrogen (secondary N) is 1. The van der Waals surface area contributed by atoms with Gasteiger partial charge in [-0.15, -0.1) is 0 Å². The lowest BCUT2D eigenvalue weighted by Crippen LogP contribution is -2.50. The van der Waals surface area contributed by atoms with Crippen LogP contribution in [0, 0.1) is 5.92 Å². The highest BCUT2D eigenvalue weighted by Gasteiger charge is 2.43. The molecule has 2 aromatic carbocycles. The molecular weight excluding hydrogens is 396 g/mol. The van der Waals surface area contributed by atoms with Crippen molar-refractivity contribution in [1.29, 1.82) is 0 Å². The summed E-state index contributed by atoms with van der Waals surface area (Å²) >= 11 is 0. The fourth-order valence-corrected chi connectivity index (χ4v) is 3.48. The third kappa shape index (κ3) is 4.66. The molecule has 3 rings (SSSR count). The second-order valence-corrected chi connectivity index (χ2v) is 7.77. The number of benzene rings is 2. The SMILES string of the molecule is CCCCOC(=O)c1ccc(NC(=O)C(C(C)C)N2C(=O)c3ccccc3C2=O)cc1. The van der Waals surface area contributed by atoms with E-state index in [1.165, 1.54) is 0 Å². The Morgan fingerprint density at radius 2 is 1.55 bits per heavy atom. The highest BCUT2D eigenvalue weighted by molar-refractivity contribution is 6.23. The predicted octanol–water partition coefficient (Wildman–Crippen LogP) is 3.90. The van der Waals surface area contributed by atoms with Crippen molar-refractivity contribution in [3.05, 3.63) is 65.2 Å². The quantitative estimate of drug-likeness (QED) is 0.396. The number of hydrogen-bond acceptors (Lipinski definition) is 5. The number of carbonyl (C=O) groups excluding carboxylic acids is 4. The van der Waals surface area contributed by atoms with E-state index >= 15 is 0 Å². The van der Waals surface area contributed by atoms with E-state index in [2.05, 4.69) is 5.32 Å². The Kier molecular flexibility index (Phi) is 6.84. The van der Waals surface area contributed by atoms with Crippen LogP contribution in [0.2, 0.25) is 0 Å². The van der Waals surface area contributed by atoms with Crippen molar-refractivity contribution in [3.8, 4) is 0 Å². The van der Waals surface area contributed by atoms with Crippen LogP contribution in [-0.2, 0) is 9.53 Å². The number of rotatable bonds is 8. The molecule has 7 heteroatoms. The molecule has 3 amide bonds. The summed E-state index contributed by atoms with van der Waals surface area (Å²) in [6.07, 6.45) is 1.73.